The highest BCUT2D eigenvalue weighted by molar-refractivity contribution is 5.94. The second-order valence-corrected chi connectivity index (χ2v) is 11.4. The number of aryl methyl sites for hydroxylation is 2. The lowest BCUT2D eigenvalue weighted by molar-refractivity contribution is -0.141. The fourth-order valence-corrected chi connectivity index (χ4v) is 6.29. The normalized spacial score (nSPS) is 18.6. The molecule has 1 N–H and O–H groups in total. The van der Waals surface area contributed by atoms with Crippen LogP contribution in [0.2, 0.25) is 0 Å². The highest BCUT2D eigenvalue weighted by Crippen LogP contribution is 2.38. The molecule has 0 unspecified atom stereocenters. The monoisotopic (exact) mass is 552 g/mol. The Bertz CT molecular complexity index is 1590. The van der Waals surface area contributed by atoms with Gasteiger partial charge in [0.2, 0.25) is 0 Å². The third-order valence-electron chi connectivity index (χ3n) is 8.73. The summed E-state index contributed by atoms with van der Waals surface area (Å²) in [6, 6.07) is 17.8. The fraction of sp³-hybridized carbons (Fsp3) is 0.394. The number of carbonyl (C=O) groups is 2. The van der Waals surface area contributed by atoms with Gasteiger partial charge < -0.3 is 14.7 Å². The van der Waals surface area contributed by atoms with E-state index in [0.717, 1.165) is 77.7 Å². The molecule has 6 heterocycles. The summed E-state index contributed by atoms with van der Waals surface area (Å²) in [4.78, 5) is 27.7. The number of rotatable bonds is 2. The van der Waals surface area contributed by atoms with Crippen molar-refractivity contribution >= 4 is 22.9 Å². The zero-order valence-corrected chi connectivity index (χ0v) is 23.7. The molecule has 9 rings (SSSR count). The summed E-state index contributed by atoms with van der Waals surface area (Å²) in [5, 5.41) is 19.1. The molecule has 0 fully saturated rings. The van der Waals surface area contributed by atoms with E-state index in [1.165, 1.54) is 5.56 Å². The number of benzene rings is 3. The Morgan fingerprint density at radius 3 is 2.61 bits per heavy atom. The zero-order valence-electron chi connectivity index (χ0n) is 23.7. The van der Waals surface area contributed by atoms with Gasteiger partial charge in [0, 0.05) is 31.1 Å². The van der Waals surface area contributed by atoms with E-state index in [1.807, 2.05) is 52.9 Å². The smallest absolute Gasteiger partial charge is 0.307 e. The van der Waals surface area contributed by atoms with Gasteiger partial charge in [-0.3, -0.25) is 9.59 Å². The van der Waals surface area contributed by atoms with Crippen molar-refractivity contribution < 1.29 is 19.4 Å². The largest absolute Gasteiger partial charge is 0.494 e. The molecule has 8 heteroatoms. The van der Waals surface area contributed by atoms with Crippen molar-refractivity contribution in [2.45, 2.75) is 65.0 Å². The number of hydrogen-bond donors (Lipinski definition) is 1. The summed E-state index contributed by atoms with van der Waals surface area (Å²) >= 11 is 0. The summed E-state index contributed by atoms with van der Waals surface area (Å²) < 4.78 is 7.88. The van der Waals surface area contributed by atoms with Crippen molar-refractivity contribution in [3.63, 3.8) is 0 Å². The number of amides is 1. The number of carboxylic acids is 1. The number of carboxylic acid groups (broad SMARTS) is 1. The van der Waals surface area contributed by atoms with Gasteiger partial charge in [0.05, 0.1) is 18.0 Å². The number of aromatic nitrogens is 3. The van der Waals surface area contributed by atoms with E-state index in [1.54, 1.807) is 6.92 Å². The van der Waals surface area contributed by atoms with E-state index >= 15 is 0 Å². The molecule has 0 spiro atoms. The van der Waals surface area contributed by atoms with Gasteiger partial charge in [-0.1, -0.05) is 42.8 Å². The number of ether oxygens (including phenoxy) is 1. The predicted octanol–water partition coefficient (Wildman–Crippen LogP) is 5.74. The minimum atomic E-state index is -0.850. The lowest BCUT2D eigenvalue weighted by atomic mass is 9.78. The van der Waals surface area contributed by atoms with Gasteiger partial charge in [0.15, 0.2) is 0 Å². The maximum Gasteiger partial charge on any atom is 0.307 e. The maximum absolute atomic E-state index is 13.4. The van der Waals surface area contributed by atoms with Gasteiger partial charge in [0.1, 0.15) is 11.3 Å². The summed E-state index contributed by atoms with van der Waals surface area (Å²) in [6.07, 6.45) is 4.81. The number of hydrogen-bond acceptors (Lipinski definition) is 5. The maximum atomic E-state index is 13.4. The Morgan fingerprint density at radius 1 is 1.00 bits per heavy atom. The van der Waals surface area contributed by atoms with Crippen molar-refractivity contribution in [3.05, 3.63) is 88.0 Å². The molecular formula is C33H36N4O4. The van der Waals surface area contributed by atoms with E-state index < -0.39 is 11.9 Å². The van der Waals surface area contributed by atoms with Crippen molar-refractivity contribution in [3.8, 4) is 5.75 Å². The first-order valence-corrected chi connectivity index (χ1v) is 14.6. The van der Waals surface area contributed by atoms with E-state index in [2.05, 4.69) is 28.5 Å². The number of nitrogens with zero attached hydrogens (tertiary/aromatic N) is 4. The molecule has 212 valence electrons. The summed E-state index contributed by atoms with van der Waals surface area (Å²) in [5.74, 6) is -1.11. The Kier molecular flexibility index (Phi) is 7.47. The highest BCUT2D eigenvalue weighted by Gasteiger charge is 2.31. The van der Waals surface area contributed by atoms with Crippen molar-refractivity contribution in [1.29, 1.82) is 0 Å². The van der Waals surface area contributed by atoms with E-state index in [9.17, 15) is 14.7 Å². The Labute approximate surface area is 239 Å². The zero-order chi connectivity index (χ0) is 28.5. The first kappa shape index (κ1) is 27.0. The summed E-state index contributed by atoms with van der Waals surface area (Å²) in [7, 11) is 0. The molecule has 0 radical (unpaired) electrons. The minimum Gasteiger partial charge on any atom is -0.494 e. The molecule has 9 bridgehead atoms. The lowest BCUT2D eigenvalue weighted by Crippen LogP contribution is -2.36. The summed E-state index contributed by atoms with van der Waals surface area (Å²) in [6.45, 7) is 6.33. The molecule has 4 aromatic rings. The molecule has 0 saturated carbocycles. The second-order valence-electron chi connectivity index (χ2n) is 11.4. The average Bonchev–Trinajstić information content (AvgIpc) is 3.40. The average molecular weight is 553 g/mol. The van der Waals surface area contributed by atoms with Crippen LogP contribution in [0.4, 0.5) is 0 Å². The van der Waals surface area contributed by atoms with Gasteiger partial charge in [-0.15, -0.1) is 5.10 Å². The second kappa shape index (κ2) is 11.4. The molecular weight excluding hydrogens is 516 g/mol. The van der Waals surface area contributed by atoms with Gasteiger partial charge in [-0.2, -0.15) is 0 Å². The van der Waals surface area contributed by atoms with Crippen LogP contribution in [0.15, 0.2) is 54.6 Å². The van der Waals surface area contributed by atoms with E-state index in [-0.39, 0.29) is 11.8 Å². The molecule has 5 aliphatic rings. The van der Waals surface area contributed by atoms with Gasteiger partial charge in [-0.05, 0) is 90.8 Å². The first-order valence-electron chi connectivity index (χ1n) is 14.6. The third kappa shape index (κ3) is 5.31. The predicted molar refractivity (Wildman–Crippen MR) is 156 cm³/mol. The molecule has 2 atom stereocenters. The van der Waals surface area contributed by atoms with Crippen LogP contribution in [0.25, 0.3) is 11.0 Å². The molecule has 0 aliphatic carbocycles. The Balaban J connectivity index is 1.41. The van der Waals surface area contributed by atoms with E-state index in [4.69, 9.17) is 4.74 Å². The molecule has 1 aromatic heterocycles. The van der Waals surface area contributed by atoms with Gasteiger partial charge >= 0.3 is 5.97 Å². The van der Waals surface area contributed by atoms with Crippen LogP contribution in [0.5, 0.6) is 5.75 Å². The standard InChI is InChI=1S/C33H36N4O4/c1-21-28-13-14-29-31(21)34-35-37(29)16-5-3-4-6-18-41-27-11-9-24(10-12-27)32(38)36-17-15-23-7-8-25(19-26(23)20-36)30(28)22(2)33(39)40/h7-14,19,22,30H,3-6,15-18,20H2,1-2H3,(H,39,40)/t22-,30-/m0/s1. The molecule has 3 aromatic carbocycles. The van der Waals surface area contributed by atoms with Gasteiger partial charge in [-0.25, -0.2) is 4.68 Å². The molecule has 8 nitrogen and oxygen atoms in total. The SMILES string of the molecule is Cc1c2ccc3c1nnn3CCCCCCOc1ccc(cc1)C(=O)N1CCc3ccc(cc3C1)[C@@H]2[C@H](C)C(=O)O. The molecule has 5 aliphatic heterocycles. The molecule has 0 saturated heterocycles. The number of aliphatic carboxylic acids is 1. The van der Waals surface area contributed by atoms with Crippen LogP contribution < -0.4 is 4.74 Å². The highest BCUT2D eigenvalue weighted by atomic mass is 16.5. The lowest BCUT2D eigenvalue weighted by Gasteiger charge is -2.31. The van der Waals surface area contributed by atoms with Crippen molar-refractivity contribution in [1.82, 2.24) is 19.9 Å². The Morgan fingerprint density at radius 2 is 1.80 bits per heavy atom. The Hall–Kier alpha value is -4.20. The van der Waals surface area contributed by atoms with Crippen LogP contribution in [-0.4, -0.2) is 50.0 Å². The van der Waals surface area contributed by atoms with Crippen LogP contribution in [-0.2, 0) is 24.3 Å². The minimum absolute atomic E-state index is 0.00849. The molecule has 41 heavy (non-hydrogen) atoms. The first-order chi connectivity index (χ1) is 19.9. The van der Waals surface area contributed by atoms with Crippen molar-refractivity contribution in [2.24, 2.45) is 5.92 Å². The van der Waals surface area contributed by atoms with Crippen LogP contribution in [0.3, 0.4) is 0 Å². The quantitative estimate of drug-likeness (QED) is 0.340. The molecule has 1 amide bonds. The number of carbonyl (C=O) groups excluding carboxylic acids is 1. The topological polar surface area (TPSA) is 97.5 Å². The summed E-state index contributed by atoms with van der Waals surface area (Å²) in [5.41, 5.74) is 7.53. The van der Waals surface area contributed by atoms with Crippen LogP contribution in [0.1, 0.15) is 76.7 Å². The van der Waals surface area contributed by atoms with Crippen molar-refractivity contribution in [2.75, 3.05) is 13.2 Å². The third-order valence-corrected chi connectivity index (χ3v) is 8.73. The van der Waals surface area contributed by atoms with E-state index in [0.29, 0.717) is 25.3 Å². The van der Waals surface area contributed by atoms with Crippen LogP contribution >= 0.6 is 0 Å². The fourth-order valence-electron chi connectivity index (χ4n) is 6.29. The van der Waals surface area contributed by atoms with Crippen LogP contribution in [0, 0.1) is 12.8 Å². The van der Waals surface area contributed by atoms with Gasteiger partial charge in [0.25, 0.3) is 5.91 Å².